The molecule has 8 nitrogen and oxygen atoms in total. The highest BCUT2D eigenvalue weighted by molar-refractivity contribution is 5.90. The largest absolute Gasteiger partial charge is 0.467 e. The van der Waals surface area contributed by atoms with Crippen LogP contribution < -0.4 is 4.74 Å². The molecule has 0 unspecified atom stereocenters. The Morgan fingerprint density at radius 3 is 2.75 bits per heavy atom. The molecule has 3 aromatic rings. The van der Waals surface area contributed by atoms with E-state index in [2.05, 4.69) is 15.2 Å². The predicted molar refractivity (Wildman–Crippen MR) is 85.3 cm³/mol. The number of aromatic nitrogens is 4. The van der Waals surface area contributed by atoms with E-state index in [-0.39, 0.29) is 24.3 Å². The van der Waals surface area contributed by atoms with Gasteiger partial charge in [0.1, 0.15) is 5.69 Å². The molecule has 0 N–H and O–H groups in total. The summed E-state index contributed by atoms with van der Waals surface area (Å²) in [6.07, 6.45) is 0. The van der Waals surface area contributed by atoms with Crippen molar-refractivity contribution in [3.05, 3.63) is 48.0 Å². The molecule has 8 heteroatoms. The Bertz CT molecular complexity index is 841. The third-order valence-electron chi connectivity index (χ3n) is 3.47. The Morgan fingerprint density at radius 1 is 1.33 bits per heavy atom. The molecule has 0 aliphatic carbocycles. The number of hydrogen-bond donors (Lipinski definition) is 0. The van der Waals surface area contributed by atoms with Crippen LogP contribution in [-0.2, 0) is 13.6 Å². The lowest BCUT2D eigenvalue weighted by molar-refractivity contribution is 0.0759. The van der Waals surface area contributed by atoms with Crippen LogP contribution in [0.5, 0.6) is 6.01 Å². The molecular formula is C16H17N5O3. The van der Waals surface area contributed by atoms with Gasteiger partial charge in [-0.15, -0.1) is 5.10 Å². The minimum absolute atomic E-state index is 0.0691. The van der Waals surface area contributed by atoms with E-state index in [9.17, 15) is 4.79 Å². The molecule has 1 amide bonds. The first-order valence-corrected chi connectivity index (χ1v) is 7.30. The highest BCUT2D eigenvalue weighted by Crippen LogP contribution is 2.19. The fraction of sp³-hybridized carbons (Fsp3) is 0.250. The molecule has 0 bridgehead atoms. The highest BCUT2D eigenvalue weighted by Gasteiger charge is 2.20. The van der Waals surface area contributed by atoms with E-state index in [1.165, 1.54) is 16.7 Å². The van der Waals surface area contributed by atoms with Gasteiger partial charge in [0.2, 0.25) is 5.82 Å². The van der Waals surface area contributed by atoms with Crippen molar-refractivity contribution in [1.82, 2.24) is 24.8 Å². The molecule has 0 saturated carbocycles. The Kier molecular flexibility index (Phi) is 4.28. The smallest absolute Gasteiger partial charge is 0.314 e. The first-order chi connectivity index (χ1) is 11.6. The second-order valence-corrected chi connectivity index (χ2v) is 5.25. The van der Waals surface area contributed by atoms with Gasteiger partial charge in [-0.25, -0.2) is 4.68 Å². The van der Waals surface area contributed by atoms with Crippen LogP contribution in [0, 0.1) is 0 Å². The molecule has 0 fully saturated rings. The predicted octanol–water partition coefficient (Wildman–Crippen LogP) is 1.75. The van der Waals surface area contributed by atoms with Gasteiger partial charge in [-0.05, 0) is 0 Å². The SMILES string of the molecule is COc1nc(C(=O)N(C)Cc2cc(-c3ccccc3)no2)nn1C. The van der Waals surface area contributed by atoms with Crippen LogP contribution in [-0.4, -0.2) is 44.9 Å². The maximum Gasteiger partial charge on any atom is 0.314 e. The third kappa shape index (κ3) is 3.12. The van der Waals surface area contributed by atoms with Crippen molar-refractivity contribution in [2.75, 3.05) is 14.2 Å². The van der Waals surface area contributed by atoms with Gasteiger partial charge in [0, 0.05) is 25.7 Å². The van der Waals surface area contributed by atoms with Crippen LogP contribution in [0.2, 0.25) is 0 Å². The maximum absolute atomic E-state index is 12.4. The Labute approximate surface area is 138 Å². The molecule has 124 valence electrons. The minimum Gasteiger partial charge on any atom is -0.467 e. The Morgan fingerprint density at radius 2 is 2.08 bits per heavy atom. The zero-order chi connectivity index (χ0) is 17.1. The number of ether oxygens (including phenoxy) is 1. The number of hydrogen-bond acceptors (Lipinski definition) is 6. The second-order valence-electron chi connectivity index (χ2n) is 5.25. The number of benzene rings is 1. The third-order valence-corrected chi connectivity index (χ3v) is 3.47. The summed E-state index contributed by atoms with van der Waals surface area (Å²) in [5.41, 5.74) is 1.68. The quantitative estimate of drug-likeness (QED) is 0.709. The molecule has 0 aliphatic heterocycles. The summed E-state index contributed by atoms with van der Waals surface area (Å²) in [5, 5.41) is 8.07. The van der Waals surface area contributed by atoms with Crippen LogP contribution in [0.25, 0.3) is 11.3 Å². The molecule has 0 spiro atoms. The molecule has 0 saturated heterocycles. The van der Waals surface area contributed by atoms with E-state index in [1.54, 1.807) is 14.1 Å². The molecule has 2 heterocycles. The van der Waals surface area contributed by atoms with Crippen molar-refractivity contribution < 1.29 is 14.1 Å². The summed E-state index contributed by atoms with van der Waals surface area (Å²) in [5.74, 6) is 0.318. The van der Waals surface area contributed by atoms with E-state index < -0.39 is 0 Å². The number of carbonyl (C=O) groups is 1. The number of carbonyl (C=O) groups excluding carboxylic acids is 1. The number of nitrogens with zero attached hydrogens (tertiary/aromatic N) is 5. The lowest BCUT2D eigenvalue weighted by atomic mass is 10.1. The lowest BCUT2D eigenvalue weighted by Gasteiger charge is -2.12. The summed E-state index contributed by atoms with van der Waals surface area (Å²) in [7, 11) is 4.78. The zero-order valence-corrected chi connectivity index (χ0v) is 13.6. The van der Waals surface area contributed by atoms with Gasteiger partial charge in [0.25, 0.3) is 5.91 Å². The number of amides is 1. The first-order valence-electron chi connectivity index (χ1n) is 7.30. The van der Waals surface area contributed by atoms with Crippen LogP contribution in [0.15, 0.2) is 40.9 Å². The summed E-state index contributed by atoms with van der Waals surface area (Å²) in [6, 6.07) is 11.8. The van der Waals surface area contributed by atoms with Crippen molar-refractivity contribution >= 4 is 5.91 Å². The van der Waals surface area contributed by atoms with Crippen LogP contribution >= 0.6 is 0 Å². The van der Waals surface area contributed by atoms with E-state index in [0.717, 1.165) is 11.3 Å². The molecule has 0 aliphatic rings. The Hall–Kier alpha value is -3.16. The van der Waals surface area contributed by atoms with Gasteiger partial charge in [0.15, 0.2) is 5.76 Å². The van der Waals surface area contributed by atoms with Crippen molar-refractivity contribution in [1.29, 1.82) is 0 Å². The van der Waals surface area contributed by atoms with Crippen LogP contribution in [0.4, 0.5) is 0 Å². The summed E-state index contributed by atoms with van der Waals surface area (Å²) >= 11 is 0. The molecule has 2 aromatic heterocycles. The highest BCUT2D eigenvalue weighted by atomic mass is 16.5. The van der Waals surface area contributed by atoms with Crippen molar-refractivity contribution in [3.8, 4) is 17.3 Å². The molecule has 0 radical (unpaired) electrons. The zero-order valence-electron chi connectivity index (χ0n) is 13.6. The lowest BCUT2D eigenvalue weighted by Crippen LogP contribution is -2.27. The minimum atomic E-state index is -0.327. The maximum atomic E-state index is 12.4. The molecule has 0 atom stereocenters. The standard InChI is InChI=1S/C16H17N5O3/c1-20(15(22)14-17-16(23-3)21(2)18-14)10-12-9-13(19-24-12)11-7-5-4-6-8-11/h4-9H,10H2,1-3H3. The summed E-state index contributed by atoms with van der Waals surface area (Å²) < 4.78 is 11.7. The molecule has 1 aromatic carbocycles. The van der Waals surface area contributed by atoms with Gasteiger partial charge >= 0.3 is 6.01 Å². The normalized spacial score (nSPS) is 10.6. The van der Waals surface area contributed by atoms with E-state index in [1.807, 2.05) is 36.4 Å². The number of rotatable bonds is 5. The fourth-order valence-corrected chi connectivity index (χ4v) is 2.25. The van der Waals surface area contributed by atoms with E-state index >= 15 is 0 Å². The van der Waals surface area contributed by atoms with Crippen LogP contribution in [0.1, 0.15) is 16.4 Å². The van der Waals surface area contributed by atoms with E-state index in [4.69, 9.17) is 9.26 Å². The molecule has 3 rings (SSSR count). The van der Waals surface area contributed by atoms with Crippen LogP contribution in [0.3, 0.4) is 0 Å². The molecule has 24 heavy (non-hydrogen) atoms. The average Bonchev–Trinajstić information content (AvgIpc) is 3.21. The average molecular weight is 327 g/mol. The van der Waals surface area contributed by atoms with Crippen molar-refractivity contribution in [2.45, 2.75) is 6.54 Å². The monoisotopic (exact) mass is 327 g/mol. The van der Waals surface area contributed by atoms with Gasteiger partial charge in [0.05, 0.1) is 13.7 Å². The van der Waals surface area contributed by atoms with E-state index in [0.29, 0.717) is 5.76 Å². The van der Waals surface area contributed by atoms with Gasteiger partial charge < -0.3 is 14.2 Å². The second kappa shape index (κ2) is 6.53. The number of methoxy groups -OCH3 is 1. The van der Waals surface area contributed by atoms with Gasteiger partial charge in [-0.2, -0.15) is 4.98 Å². The topological polar surface area (TPSA) is 86.3 Å². The fourth-order valence-electron chi connectivity index (χ4n) is 2.25. The summed E-state index contributed by atoms with van der Waals surface area (Å²) in [6.45, 7) is 0.263. The van der Waals surface area contributed by atoms with Gasteiger partial charge in [-0.3, -0.25) is 4.79 Å². The van der Waals surface area contributed by atoms with Gasteiger partial charge in [-0.1, -0.05) is 35.5 Å². The first kappa shape index (κ1) is 15.7. The summed E-state index contributed by atoms with van der Waals surface area (Å²) in [4.78, 5) is 17.9. The molecular weight excluding hydrogens is 310 g/mol. The Balaban J connectivity index is 1.71. The van der Waals surface area contributed by atoms with Crippen molar-refractivity contribution in [2.24, 2.45) is 7.05 Å². The number of aryl methyl sites for hydroxylation is 1. The van der Waals surface area contributed by atoms with Crippen molar-refractivity contribution in [3.63, 3.8) is 0 Å².